The quantitative estimate of drug-likeness (QED) is 0.424. The molecule has 1 amide bonds. The molecule has 1 heterocycles. The number of alkyl halides is 2. The number of nitrogens with one attached hydrogen (secondary N) is 1. The summed E-state index contributed by atoms with van der Waals surface area (Å²) in [5.74, 6) is 0.140. The van der Waals surface area contributed by atoms with Gasteiger partial charge in [-0.1, -0.05) is 23.7 Å². The molecule has 0 aliphatic rings. The van der Waals surface area contributed by atoms with E-state index in [1.165, 1.54) is 13.2 Å². The molecule has 0 aliphatic heterocycles. The minimum absolute atomic E-state index is 0.153. The molecule has 4 rings (SSSR count). The summed E-state index contributed by atoms with van der Waals surface area (Å²) in [4.78, 5) is 16.9. The van der Waals surface area contributed by atoms with Crippen molar-refractivity contribution >= 4 is 34.2 Å². The van der Waals surface area contributed by atoms with Crippen LogP contribution < -0.4 is 10.1 Å². The highest BCUT2D eigenvalue weighted by Crippen LogP contribution is 2.30. The summed E-state index contributed by atoms with van der Waals surface area (Å²) in [7, 11) is 1.46. The predicted octanol–water partition coefficient (Wildman–Crippen LogP) is 6.01. The van der Waals surface area contributed by atoms with Crippen molar-refractivity contribution in [1.82, 2.24) is 9.55 Å². The number of carbonyl (C=O) groups is 1. The number of rotatable bonds is 5. The third-order valence-electron chi connectivity index (χ3n) is 4.60. The third-order valence-corrected chi connectivity index (χ3v) is 4.83. The molecule has 0 radical (unpaired) electrons. The lowest BCUT2D eigenvalue weighted by Gasteiger charge is -2.11. The van der Waals surface area contributed by atoms with Crippen LogP contribution in [0.2, 0.25) is 5.02 Å². The van der Waals surface area contributed by atoms with Crippen molar-refractivity contribution in [3.63, 3.8) is 0 Å². The number of nitrogens with zero attached hydrogens (tertiary/aromatic N) is 2. The van der Waals surface area contributed by atoms with Crippen molar-refractivity contribution in [3.05, 3.63) is 77.3 Å². The first kappa shape index (κ1) is 19.8. The molecule has 0 saturated heterocycles. The summed E-state index contributed by atoms with van der Waals surface area (Å²) >= 11 is 5.98. The molecule has 0 spiro atoms. The van der Waals surface area contributed by atoms with E-state index in [4.69, 9.17) is 16.3 Å². The monoisotopic (exact) mass is 427 g/mol. The van der Waals surface area contributed by atoms with Crippen LogP contribution in [0, 0.1) is 0 Å². The fourth-order valence-electron chi connectivity index (χ4n) is 3.20. The Bertz CT molecular complexity index is 1220. The Morgan fingerprint density at radius 2 is 1.83 bits per heavy atom. The van der Waals surface area contributed by atoms with Gasteiger partial charge in [0.15, 0.2) is 0 Å². The zero-order valence-electron chi connectivity index (χ0n) is 15.8. The van der Waals surface area contributed by atoms with Crippen molar-refractivity contribution < 1.29 is 18.3 Å². The largest absolute Gasteiger partial charge is 0.496 e. The van der Waals surface area contributed by atoms with Gasteiger partial charge in [0.05, 0.1) is 23.7 Å². The van der Waals surface area contributed by atoms with Crippen LogP contribution in [0.3, 0.4) is 0 Å². The lowest BCUT2D eigenvalue weighted by atomic mass is 10.1. The van der Waals surface area contributed by atoms with Gasteiger partial charge in [0, 0.05) is 16.3 Å². The lowest BCUT2D eigenvalue weighted by Crippen LogP contribution is -2.13. The Hall–Kier alpha value is -3.45. The van der Waals surface area contributed by atoms with Crippen molar-refractivity contribution in [2.24, 2.45) is 0 Å². The number of imidazole rings is 1. The van der Waals surface area contributed by atoms with Gasteiger partial charge < -0.3 is 10.1 Å². The molecular weight excluding hydrogens is 412 g/mol. The van der Waals surface area contributed by atoms with Gasteiger partial charge in [0.2, 0.25) is 0 Å². The summed E-state index contributed by atoms with van der Waals surface area (Å²) in [5.41, 5.74) is 2.12. The number of anilines is 1. The number of aromatic nitrogens is 2. The number of ether oxygens (including phenoxy) is 1. The van der Waals surface area contributed by atoms with E-state index in [1.54, 1.807) is 60.7 Å². The average molecular weight is 428 g/mol. The summed E-state index contributed by atoms with van der Waals surface area (Å²) in [5, 5.41) is 3.15. The van der Waals surface area contributed by atoms with E-state index in [0.29, 0.717) is 33.1 Å². The van der Waals surface area contributed by atoms with Gasteiger partial charge in [-0.25, -0.2) is 4.98 Å². The third kappa shape index (κ3) is 3.71. The fourth-order valence-corrected chi connectivity index (χ4v) is 3.38. The summed E-state index contributed by atoms with van der Waals surface area (Å²) < 4.78 is 33.4. The number of methoxy groups -OCH3 is 1. The molecule has 0 bridgehead atoms. The predicted molar refractivity (Wildman–Crippen MR) is 112 cm³/mol. The van der Waals surface area contributed by atoms with Crippen molar-refractivity contribution in [3.8, 4) is 17.1 Å². The summed E-state index contributed by atoms with van der Waals surface area (Å²) in [6.07, 6.45) is 0. The second-order valence-corrected chi connectivity index (χ2v) is 6.88. The molecule has 1 N–H and O–H groups in total. The molecule has 0 saturated carbocycles. The van der Waals surface area contributed by atoms with Gasteiger partial charge in [-0.2, -0.15) is 8.78 Å². The molecule has 152 valence electrons. The second kappa shape index (κ2) is 8.12. The number of para-hydroxylation sites is 2. The van der Waals surface area contributed by atoms with Crippen LogP contribution in [0.5, 0.6) is 5.75 Å². The van der Waals surface area contributed by atoms with Gasteiger partial charge in [-0.05, 0) is 54.6 Å². The molecule has 0 fully saturated rings. The molecule has 5 nitrogen and oxygen atoms in total. The second-order valence-electron chi connectivity index (χ2n) is 6.45. The van der Waals surface area contributed by atoms with E-state index in [1.807, 2.05) is 0 Å². The Labute approximate surface area is 175 Å². The standard InChI is InChI=1S/C22H16ClF2N3O2/c1-30-19-11-8-14(23)12-16(19)21(29)26-15-9-6-13(7-10-15)20-27-17-4-2-3-5-18(17)28(20)22(24)25/h2-12,22H,1H3,(H,26,29). The van der Waals surface area contributed by atoms with Gasteiger partial charge in [0.25, 0.3) is 5.91 Å². The molecule has 3 aromatic carbocycles. The number of hydrogen-bond acceptors (Lipinski definition) is 3. The number of hydrogen-bond donors (Lipinski definition) is 1. The maximum absolute atomic E-state index is 13.7. The highest BCUT2D eigenvalue weighted by Gasteiger charge is 2.19. The first-order valence-electron chi connectivity index (χ1n) is 8.98. The van der Waals surface area contributed by atoms with Gasteiger partial charge in [-0.3, -0.25) is 9.36 Å². The summed E-state index contributed by atoms with van der Waals surface area (Å²) in [6.45, 7) is -2.73. The fraction of sp³-hybridized carbons (Fsp3) is 0.0909. The number of halogens is 3. The Kier molecular flexibility index (Phi) is 5.37. The number of carbonyl (C=O) groups excluding carboxylic acids is 1. The van der Waals surface area contributed by atoms with Gasteiger partial charge >= 0.3 is 6.55 Å². The molecule has 0 aliphatic carbocycles. The minimum atomic E-state index is -2.73. The highest BCUT2D eigenvalue weighted by atomic mass is 35.5. The van der Waals surface area contributed by atoms with Crippen LogP contribution in [0.4, 0.5) is 14.5 Å². The van der Waals surface area contributed by atoms with Gasteiger partial charge in [-0.15, -0.1) is 0 Å². The topological polar surface area (TPSA) is 56.1 Å². The molecule has 1 aromatic heterocycles. The lowest BCUT2D eigenvalue weighted by molar-refractivity contribution is 0.0764. The van der Waals surface area contributed by atoms with E-state index in [-0.39, 0.29) is 11.4 Å². The molecule has 30 heavy (non-hydrogen) atoms. The SMILES string of the molecule is COc1ccc(Cl)cc1C(=O)Nc1ccc(-c2nc3ccccc3n2C(F)F)cc1. The van der Waals surface area contributed by atoms with Crippen molar-refractivity contribution in [2.45, 2.75) is 6.55 Å². The van der Waals surface area contributed by atoms with Crippen LogP contribution in [0.15, 0.2) is 66.7 Å². The summed E-state index contributed by atoms with van der Waals surface area (Å²) in [6, 6.07) is 18.0. The molecule has 8 heteroatoms. The Morgan fingerprint density at radius 3 is 2.53 bits per heavy atom. The van der Waals surface area contributed by atoms with Crippen LogP contribution in [-0.2, 0) is 0 Å². The number of fused-ring (bicyclic) bond motifs is 1. The van der Waals surface area contributed by atoms with E-state index in [2.05, 4.69) is 10.3 Å². The van der Waals surface area contributed by atoms with Crippen molar-refractivity contribution in [1.29, 1.82) is 0 Å². The number of amides is 1. The van der Waals surface area contributed by atoms with E-state index in [9.17, 15) is 13.6 Å². The maximum Gasteiger partial charge on any atom is 0.320 e. The first-order chi connectivity index (χ1) is 14.5. The van der Waals surface area contributed by atoms with E-state index >= 15 is 0 Å². The van der Waals surface area contributed by atoms with Crippen LogP contribution in [-0.4, -0.2) is 22.6 Å². The molecular formula is C22H16ClF2N3O2. The maximum atomic E-state index is 13.7. The van der Waals surface area contributed by atoms with Crippen LogP contribution >= 0.6 is 11.6 Å². The van der Waals surface area contributed by atoms with Crippen LogP contribution in [0.1, 0.15) is 16.9 Å². The minimum Gasteiger partial charge on any atom is -0.496 e. The van der Waals surface area contributed by atoms with E-state index < -0.39 is 12.5 Å². The molecule has 0 atom stereocenters. The zero-order chi connectivity index (χ0) is 21.3. The number of benzene rings is 3. The van der Waals surface area contributed by atoms with E-state index in [0.717, 1.165) is 4.57 Å². The Morgan fingerprint density at radius 1 is 1.10 bits per heavy atom. The highest BCUT2D eigenvalue weighted by molar-refractivity contribution is 6.31. The van der Waals surface area contributed by atoms with Crippen molar-refractivity contribution in [2.75, 3.05) is 12.4 Å². The normalized spacial score (nSPS) is 11.1. The Balaban J connectivity index is 1.63. The van der Waals surface area contributed by atoms with Crippen LogP contribution in [0.25, 0.3) is 22.4 Å². The first-order valence-corrected chi connectivity index (χ1v) is 9.36. The van der Waals surface area contributed by atoms with Gasteiger partial charge in [0.1, 0.15) is 11.6 Å². The smallest absolute Gasteiger partial charge is 0.320 e. The molecule has 0 unspecified atom stereocenters. The average Bonchev–Trinajstić information content (AvgIpc) is 3.14. The zero-order valence-corrected chi connectivity index (χ0v) is 16.5. The molecule has 4 aromatic rings.